The predicted octanol–water partition coefficient (Wildman–Crippen LogP) is 4.82. The molecular formula is C12H19ClS. The van der Waals surface area contributed by atoms with Crippen LogP contribution >= 0.6 is 19.9 Å². The molecule has 1 atom stereocenters. The average molecular weight is 231 g/mol. The number of rotatable bonds is 5. The summed E-state index contributed by atoms with van der Waals surface area (Å²) in [5.74, 6) is 1.15. The van der Waals surface area contributed by atoms with Gasteiger partial charge in [-0.15, -0.1) is 9.24 Å². The van der Waals surface area contributed by atoms with Crippen molar-refractivity contribution in [2.24, 2.45) is 0 Å². The quantitative estimate of drug-likeness (QED) is 0.636. The Hall–Kier alpha value is -0.140. The lowest BCUT2D eigenvalue weighted by Crippen LogP contribution is -1.96. The van der Waals surface area contributed by atoms with Gasteiger partial charge < -0.3 is 0 Å². The van der Waals surface area contributed by atoms with Crippen molar-refractivity contribution in [2.75, 3.05) is 12.0 Å². The molecule has 0 aliphatic carbocycles. The van der Waals surface area contributed by atoms with E-state index in [1.807, 2.05) is 6.07 Å². The van der Waals surface area contributed by atoms with Crippen LogP contribution in [0.4, 0.5) is 0 Å². The third-order valence-corrected chi connectivity index (χ3v) is 5.67. The first kappa shape index (κ1) is 11.9. The van der Waals surface area contributed by atoms with Crippen LogP contribution in [0.5, 0.6) is 0 Å². The molecule has 0 N–H and O–H groups in total. The molecule has 0 heterocycles. The Morgan fingerprint density at radius 2 is 1.79 bits per heavy atom. The van der Waals surface area contributed by atoms with E-state index in [2.05, 4.69) is 37.4 Å². The molecular weight excluding hydrogens is 212 g/mol. The third-order valence-electron chi connectivity index (χ3n) is 2.37. The Balaban J connectivity index is 2.56. The van der Waals surface area contributed by atoms with Gasteiger partial charge in [-0.25, -0.2) is 0 Å². The van der Waals surface area contributed by atoms with E-state index in [-0.39, 0.29) is 0 Å². The lowest BCUT2D eigenvalue weighted by Gasteiger charge is -2.28. The highest BCUT2D eigenvalue weighted by molar-refractivity contribution is 8.50. The lowest BCUT2D eigenvalue weighted by molar-refractivity contribution is 0.777. The van der Waals surface area contributed by atoms with Crippen molar-refractivity contribution in [1.29, 1.82) is 0 Å². The molecule has 1 aromatic rings. The summed E-state index contributed by atoms with van der Waals surface area (Å²) in [6.45, 7) is 2.23. The highest BCUT2D eigenvalue weighted by Crippen LogP contribution is 2.57. The fraction of sp³-hybridized carbons (Fsp3) is 0.500. The normalized spacial score (nSPS) is 17.4. The number of hydrogen-bond acceptors (Lipinski definition) is 0. The van der Waals surface area contributed by atoms with Crippen molar-refractivity contribution < 1.29 is 0 Å². The van der Waals surface area contributed by atoms with Crippen molar-refractivity contribution in [2.45, 2.75) is 31.1 Å². The molecule has 1 unspecified atom stereocenters. The molecule has 0 bridgehead atoms. The SMILES string of the molecule is CCCCCS(C)(Cl)c1ccccc1. The smallest absolute Gasteiger partial charge is 0.00274 e. The topological polar surface area (TPSA) is 0 Å². The van der Waals surface area contributed by atoms with E-state index in [0.717, 1.165) is 5.75 Å². The van der Waals surface area contributed by atoms with E-state index in [0.29, 0.717) is 0 Å². The van der Waals surface area contributed by atoms with Gasteiger partial charge in [-0.2, -0.15) is 0 Å². The summed E-state index contributed by atoms with van der Waals surface area (Å²) in [5.41, 5.74) is 0. The minimum atomic E-state index is -1.06. The van der Waals surface area contributed by atoms with Gasteiger partial charge in [0.2, 0.25) is 0 Å². The first-order valence-corrected chi connectivity index (χ1v) is 8.21. The van der Waals surface area contributed by atoms with Gasteiger partial charge in [-0.05, 0) is 30.6 Å². The van der Waals surface area contributed by atoms with E-state index < -0.39 is 9.24 Å². The van der Waals surface area contributed by atoms with E-state index in [9.17, 15) is 0 Å². The van der Waals surface area contributed by atoms with Gasteiger partial charge in [0.1, 0.15) is 0 Å². The molecule has 0 amide bonds. The van der Waals surface area contributed by atoms with Crippen LogP contribution in [0.3, 0.4) is 0 Å². The summed E-state index contributed by atoms with van der Waals surface area (Å²) in [6, 6.07) is 10.5. The van der Waals surface area contributed by atoms with Gasteiger partial charge >= 0.3 is 0 Å². The molecule has 0 radical (unpaired) electrons. The van der Waals surface area contributed by atoms with Crippen molar-refractivity contribution in [3.63, 3.8) is 0 Å². The van der Waals surface area contributed by atoms with Crippen LogP contribution in [0.15, 0.2) is 35.2 Å². The number of hydrogen-bond donors (Lipinski definition) is 0. The van der Waals surface area contributed by atoms with E-state index in [4.69, 9.17) is 10.7 Å². The Morgan fingerprint density at radius 1 is 1.14 bits per heavy atom. The van der Waals surface area contributed by atoms with Gasteiger partial charge in [-0.3, -0.25) is 0 Å². The Labute approximate surface area is 93.5 Å². The van der Waals surface area contributed by atoms with Gasteiger partial charge in [0.15, 0.2) is 0 Å². The van der Waals surface area contributed by atoms with E-state index in [1.165, 1.54) is 24.2 Å². The zero-order valence-electron chi connectivity index (χ0n) is 9.00. The van der Waals surface area contributed by atoms with Crippen LogP contribution in [-0.4, -0.2) is 12.0 Å². The minimum absolute atomic E-state index is 1.06. The first-order chi connectivity index (χ1) is 6.67. The van der Waals surface area contributed by atoms with Crippen molar-refractivity contribution in [3.05, 3.63) is 30.3 Å². The molecule has 14 heavy (non-hydrogen) atoms. The molecule has 2 heteroatoms. The molecule has 0 aliphatic heterocycles. The van der Waals surface area contributed by atoms with E-state index in [1.54, 1.807) is 0 Å². The maximum absolute atomic E-state index is 6.58. The highest BCUT2D eigenvalue weighted by Gasteiger charge is 2.15. The molecule has 0 aliphatic rings. The maximum atomic E-state index is 6.58. The van der Waals surface area contributed by atoms with Crippen molar-refractivity contribution in [1.82, 2.24) is 0 Å². The van der Waals surface area contributed by atoms with Crippen LogP contribution in [0.25, 0.3) is 0 Å². The second-order valence-corrected chi connectivity index (χ2v) is 8.58. The summed E-state index contributed by atoms with van der Waals surface area (Å²) in [4.78, 5) is 1.32. The second kappa shape index (κ2) is 5.67. The lowest BCUT2D eigenvalue weighted by atomic mass is 10.3. The predicted molar refractivity (Wildman–Crippen MR) is 68.5 cm³/mol. The minimum Gasteiger partial charge on any atom is -0.139 e. The largest absolute Gasteiger partial charge is 0.139 e. The van der Waals surface area contributed by atoms with Crippen LogP contribution in [0.2, 0.25) is 0 Å². The summed E-state index contributed by atoms with van der Waals surface area (Å²) >= 11 is 0. The monoisotopic (exact) mass is 230 g/mol. The fourth-order valence-corrected chi connectivity index (χ4v) is 3.79. The molecule has 0 aromatic heterocycles. The first-order valence-electron chi connectivity index (χ1n) is 5.17. The Morgan fingerprint density at radius 3 is 2.36 bits per heavy atom. The van der Waals surface area contributed by atoms with E-state index >= 15 is 0 Å². The van der Waals surface area contributed by atoms with Gasteiger partial charge in [0, 0.05) is 4.90 Å². The standard InChI is InChI=1S/C12H19ClS/c1-3-4-8-11-14(2,13)12-9-6-5-7-10-12/h5-7,9-10H,3-4,8,11H2,1-2H3. The fourth-order valence-electron chi connectivity index (χ4n) is 1.45. The van der Waals surface area contributed by atoms with Crippen molar-refractivity contribution >= 4 is 19.9 Å². The second-order valence-electron chi connectivity index (χ2n) is 3.70. The van der Waals surface area contributed by atoms with Crippen LogP contribution in [-0.2, 0) is 0 Å². The van der Waals surface area contributed by atoms with Crippen molar-refractivity contribution in [3.8, 4) is 0 Å². The molecule has 1 aromatic carbocycles. The third kappa shape index (κ3) is 3.55. The number of unbranched alkanes of at least 4 members (excludes halogenated alkanes) is 2. The van der Waals surface area contributed by atoms with Crippen LogP contribution in [0, 0.1) is 0 Å². The molecule has 0 spiro atoms. The Bertz CT molecular complexity index is 256. The molecule has 0 saturated heterocycles. The molecule has 1 rings (SSSR count). The molecule has 0 saturated carbocycles. The maximum Gasteiger partial charge on any atom is 0.00274 e. The van der Waals surface area contributed by atoms with Gasteiger partial charge in [0.25, 0.3) is 0 Å². The van der Waals surface area contributed by atoms with Gasteiger partial charge in [0.05, 0.1) is 0 Å². The summed E-state index contributed by atoms with van der Waals surface area (Å²) in [6.07, 6.45) is 6.00. The summed E-state index contributed by atoms with van der Waals surface area (Å²) in [5, 5.41) is 0. The zero-order valence-corrected chi connectivity index (χ0v) is 10.6. The zero-order chi connectivity index (χ0) is 10.4. The summed E-state index contributed by atoms with van der Waals surface area (Å²) in [7, 11) is 5.52. The van der Waals surface area contributed by atoms with Crippen LogP contribution in [0.1, 0.15) is 26.2 Å². The number of benzene rings is 1. The highest BCUT2D eigenvalue weighted by atomic mass is 35.7. The van der Waals surface area contributed by atoms with Gasteiger partial charge in [-0.1, -0.05) is 48.6 Å². The summed E-state index contributed by atoms with van der Waals surface area (Å²) < 4.78 is 0. The van der Waals surface area contributed by atoms with Crippen LogP contribution < -0.4 is 0 Å². The number of halogens is 1. The average Bonchev–Trinajstić information content (AvgIpc) is 2.19. The molecule has 80 valence electrons. The molecule has 0 fully saturated rings. The molecule has 0 nitrogen and oxygen atoms in total. The Kier molecular flexibility index (Phi) is 4.83.